The third-order valence-electron chi connectivity index (χ3n) is 6.13. The van der Waals surface area contributed by atoms with E-state index in [9.17, 15) is 0 Å². The van der Waals surface area contributed by atoms with Crippen molar-refractivity contribution in [3.05, 3.63) is 60.9 Å². The Morgan fingerprint density at radius 3 is 2.44 bits per heavy atom. The summed E-state index contributed by atoms with van der Waals surface area (Å²) >= 11 is 0. The molecule has 1 saturated heterocycles. The summed E-state index contributed by atoms with van der Waals surface area (Å²) in [6.45, 7) is 3.61. The van der Waals surface area contributed by atoms with Crippen LogP contribution in [-0.2, 0) is 4.74 Å². The van der Waals surface area contributed by atoms with Gasteiger partial charge in [-0.15, -0.1) is 0 Å². The summed E-state index contributed by atoms with van der Waals surface area (Å²) in [4.78, 5) is 8.75. The van der Waals surface area contributed by atoms with Gasteiger partial charge >= 0.3 is 0 Å². The molecule has 0 amide bonds. The van der Waals surface area contributed by atoms with Gasteiger partial charge in [-0.1, -0.05) is 30.3 Å². The molecule has 1 aromatic heterocycles. The number of hydrogen-bond donors (Lipinski definition) is 3. The average Bonchev–Trinajstić information content (AvgIpc) is 2.84. The van der Waals surface area contributed by atoms with Crippen molar-refractivity contribution in [2.45, 2.75) is 19.3 Å². The van der Waals surface area contributed by atoms with Gasteiger partial charge in [0.05, 0.1) is 5.56 Å². The number of rotatable bonds is 9. The molecule has 4 N–H and O–H groups in total. The molecular weight excluding hydrogens is 402 g/mol. The molecule has 0 aliphatic carbocycles. The van der Waals surface area contributed by atoms with Crippen LogP contribution in [-0.4, -0.2) is 43.3 Å². The molecule has 0 bridgehead atoms. The standard InChI is InChI=1S/C25H31N5O2/c1-31-16-13-25(11-14-27-15-12-25)17-28-24-22(23(26)29-18-30-24)19-7-9-21(10-8-19)32-20-5-3-2-4-6-20/h2-10,18,27H,11-17H2,1H3,(H3,26,28,29,30). The summed E-state index contributed by atoms with van der Waals surface area (Å²) < 4.78 is 11.3. The maximum Gasteiger partial charge on any atom is 0.139 e. The highest BCUT2D eigenvalue weighted by Gasteiger charge is 2.32. The summed E-state index contributed by atoms with van der Waals surface area (Å²) in [6, 6.07) is 17.6. The van der Waals surface area contributed by atoms with Gasteiger partial charge in [-0.3, -0.25) is 0 Å². The number of methoxy groups -OCH3 is 1. The molecule has 168 valence electrons. The lowest BCUT2D eigenvalue weighted by Crippen LogP contribution is -2.42. The van der Waals surface area contributed by atoms with Crippen LogP contribution in [0.15, 0.2) is 60.9 Å². The van der Waals surface area contributed by atoms with Crippen LogP contribution in [0.2, 0.25) is 0 Å². The van der Waals surface area contributed by atoms with Crippen LogP contribution in [0.1, 0.15) is 19.3 Å². The molecule has 7 nitrogen and oxygen atoms in total. The summed E-state index contributed by atoms with van der Waals surface area (Å²) in [5.74, 6) is 2.77. The monoisotopic (exact) mass is 433 g/mol. The largest absolute Gasteiger partial charge is 0.457 e. The number of nitrogens with zero attached hydrogens (tertiary/aromatic N) is 2. The van der Waals surface area contributed by atoms with Crippen molar-refractivity contribution in [3.8, 4) is 22.6 Å². The Morgan fingerprint density at radius 1 is 1.00 bits per heavy atom. The molecule has 4 rings (SSSR count). The second kappa shape index (κ2) is 10.4. The zero-order chi connectivity index (χ0) is 22.2. The SMILES string of the molecule is COCCC1(CNc2ncnc(N)c2-c2ccc(Oc3ccccc3)cc2)CCNCC1. The van der Waals surface area contributed by atoms with Crippen LogP contribution in [0.5, 0.6) is 11.5 Å². The molecule has 1 aliphatic rings. The summed E-state index contributed by atoms with van der Waals surface area (Å²) in [5, 5.41) is 7.04. The van der Waals surface area contributed by atoms with E-state index in [4.69, 9.17) is 15.2 Å². The van der Waals surface area contributed by atoms with Crippen molar-refractivity contribution in [2.24, 2.45) is 5.41 Å². The van der Waals surface area contributed by atoms with Gasteiger partial charge in [0, 0.05) is 20.3 Å². The normalized spacial score (nSPS) is 15.3. The number of para-hydroxylation sites is 1. The van der Waals surface area contributed by atoms with E-state index in [1.807, 2.05) is 54.6 Å². The maximum atomic E-state index is 6.28. The average molecular weight is 434 g/mol. The van der Waals surface area contributed by atoms with Gasteiger partial charge in [-0.2, -0.15) is 0 Å². The maximum absolute atomic E-state index is 6.28. The van der Waals surface area contributed by atoms with Gasteiger partial charge in [-0.05, 0) is 67.6 Å². The number of nitrogens with two attached hydrogens (primary N) is 1. The van der Waals surface area contributed by atoms with Crippen LogP contribution < -0.4 is 21.1 Å². The van der Waals surface area contributed by atoms with Crippen molar-refractivity contribution in [2.75, 3.05) is 44.4 Å². The van der Waals surface area contributed by atoms with Gasteiger partial charge in [0.1, 0.15) is 29.5 Å². The lowest BCUT2D eigenvalue weighted by molar-refractivity contribution is 0.117. The minimum absolute atomic E-state index is 0.172. The Morgan fingerprint density at radius 2 is 1.72 bits per heavy atom. The zero-order valence-corrected chi connectivity index (χ0v) is 18.5. The fourth-order valence-electron chi connectivity index (χ4n) is 4.19. The highest BCUT2D eigenvalue weighted by Crippen LogP contribution is 2.36. The van der Waals surface area contributed by atoms with Crippen molar-refractivity contribution in [1.29, 1.82) is 0 Å². The van der Waals surface area contributed by atoms with Crippen LogP contribution in [0, 0.1) is 5.41 Å². The molecule has 3 aromatic rings. The second-order valence-electron chi connectivity index (χ2n) is 8.27. The molecular formula is C25H31N5O2. The lowest BCUT2D eigenvalue weighted by atomic mass is 9.76. The van der Waals surface area contributed by atoms with Crippen molar-refractivity contribution < 1.29 is 9.47 Å². The summed E-state index contributed by atoms with van der Waals surface area (Å²) in [7, 11) is 1.76. The van der Waals surface area contributed by atoms with E-state index < -0.39 is 0 Å². The van der Waals surface area contributed by atoms with Crippen LogP contribution in [0.4, 0.5) is 11.6 Å². The number of hydrogen-bond acceptors (Lipinski definition) is 7. The third kappa shape index (κ3) is 5.36. The number of piperidine rings is 1. The molecule has 0 atom stereocenters. The van der Waals surface area contributed by atoms with E-state index >= 15 is 0 Å². The third-order valence-corrected chi connectivity index (χ3v) is 6.13. The van der Waals surface area contributed by atoms with E-state index in [-0.39, 0.29) is 5.41 Å². The van der Waals surface area contributed by atoms with Gasteiger partial charge in [-0.25, -0.2) is 9.97 Å². The number of nitrogens with one attached hydrogen (secondary N) is 2. The molecule has 1 aliphatic heterocycles. The Kier molecular flexibility index (Phi) is 7.19. The lowest BCUT2D eigenvalue weighted by Gasteiger charge is -2.38. The van der Waals surface area contributed by atoms with Crippen LogP contribution in [0.25, 0.3) is 11.1 Å². The van der Waals surface area contributed by atoms with Gasteiger partial charge in [0.25, 0.3) is 0 Å². The molecule has 1 fully saturated rings. The first-order valence-electron chi connectivity index (χ1n) is 11.1. The van der Waals surface area contributed by atoms with Crippen molar-refractivity contribution >= 4 is 11.6 Å². The van der Waals surface area contributed by atoms with E-state index in [2.05, 4.69) is 20.6 Å². The smallest absolute Gasteiger partial charge is 0.139 e. The number of nitrogen functional groups attached to an aromatic ring is 1. The highest BCUT2D eigenvalue weighted by atomic mass is 16.5. The Labute approximate surface area is 189 Å². The predicted molar refractivity (Wildman–Crippen MR) is 128 cm³/mol. The minimum Gasteiger partial charge on any atom is -0.457 e. The molecule has 0 saturated carbocycles. The van der Waals surface area contributed by atoms with Crippen molar-refractivity contribution in [1.82, 2.24) is 15.3 Å². The molecule has 32 heavy (non-hydrogen) atoms. The Hall–Kier alpha value is -3.16. The fraction of sp³-hybridized carbons (Fsp3) is 0.360. The first-order chi connectivity index (χ1) is 15.7. The summed E-state index contributed by atoms with van der Waals surface area (Å²) in [5.41, 5.74) is 8.22. The van der Waals surface area contributed by atoms with Gasteiger partial charge < -0.3 is 25.8 Å². The Bertz CT molecular complexity index is 989. The molecule has 0 unspecified atom stereocenters. The van der Waals surface area contributed by atoms with Gasteiger partial charge in [0.15, 0.2) is 0 Å². The number of anilines is 2. The van der Waals surface area contributed by atoms with Crippen LogP contribution in [0.3, 0.4) is 0 Å². The van der Waals surface area contributed by atoms with E-state index in [0.29, 0.717) is 5.82 Å². The highest BCUT2D eigenvalue weighted by molar-refractivity contribution is 5.83. The van der Waals surface area contributed by atoms with Gasteiger partial charge in [0.2, 0.25) is 0 Å². The molecule has 0 spiro atoms. The minimum atomic E-state index is 0.172. The predicted octanol–water partition coefficient (Wildman–Crippen LogP) is 4.34. The number of ether oxygens (including phenoxy) is 2. The fourth-order valence-corrected chi connectivity index (χ4v) is 4.19. The quantitative estimate of drug-likeness (QED) is 0.462. The molecule has 2 aromatic carbocycles. The van der Waals surface area contributed by atoms with Crippen molar-refractivity contribution in [3.63, 3.8) is 0 Å². The molecule has 0 radical (unpaired) electrons. The van der Waals surface area contributed by atoms with E-state index in [1.54, 1.807) is 7.11 Å². The first kappa shape index (κ1) is 22.0. The van der Waals surface area contributed by atoms with E-state index in [0.717, 1.165) is 73.9 Å². The molecule has 7 heteroatoms. The van der Waals surface area contributed by atoms with Crippen LogP contribution >= 0.6 is 0 Å². The first-order valence-corrected chi connectivity index (χ1v) is 11.1. The van der Waals surface area contributed by atoms with E-state index in [1.165, 1.54) is 6.33 Å². The second-order valence-corrected chi connectivity index (χ2v) is 8.27. The Balaban J connectivity index is 1.52. The topological polar surface area (TPSA) is 94.3 Å². The summed E-state index contributed by atoms with van der Waals surface area (Å²) in [6.07, 6.45) is 4.73. The number of aromatic nitrogens is 2. The molecule has 2 heterocycles. The number of benzene rings is 2. The zero-order valence-electron chi connectivity index (χ0n) is 18.5.